The number of aliphatic carboxylic acids is 1. The van der Waals surface area contributed by atoms with Crippen molar-refractivity contribution < 1.29 is 24.2 Å². The predicted molar refractivity (Wildman–Crippen MR) is 68.1 cm³/mol. The van der Waals surface area contributed by atoms with Gasteiger partial charge in [-0.2, -0.15) is 0 Å². The molecule has 1 atom stereocenters. The second kappa shape index (κ2) is 7.96. The first kappa shape index (κ1) is 15.7. The van der Waals surface area contributed by atoms with Gasteiger partial charge in [0.15, 0.2) is 0 Å². The number of nitrogens with zero attached hydrogens (tertiary/aromatic N) is 2. The highest BCUT2D eigenvalue weighted by Crippen LogP contribution is 2.08. The van der Waals surface area contributed by atoms with Crippen LogP contribution in [0.15, 0.2) is 0 Å². The average Bonchev–Trinajstić information content (AvgIpc) is 2.58. The molecule has 0 aliphatic carbocycles. The molecule has 0 aromatic rings. The molecule has 1 unspecified atom stereocenters. The largest absolute Gasteiger partial charge is 0.480 e. The minimum atomic E-state index is -1.02. The summed E-state index contributed by atoms with van der Waals surface area (Å²) in [5, 5.41) is 8.86. The van der Waals surface area contributed by atoms with Crippen molar-refractivity contribution in [3.63, 3.8) is 0 Å². The van der Waals surface area contributed by atoms with Crippen molar-refractivity contribution in [3.8, 4) is 0 Å². The molecule has 0 radical (unpaired) electrons. The first-order valence-corrected chi connectivity index (χ1v) is 6.40. The van der Waals surface area contributed by atoms with Crippen molar-refractivity contribution in [1.29, 1.82) is 0 Å². The van der Waals surface area contributed by atoms with Crippen LogP contribution in [0, 0.1) is 0 Å². The summed E-state index contributed by atoms with van der Waals surface area (Å²) in [6.07, 6.45) is 0.738. The van der Waals surface area contributed by atoms with E-state index in [0.717, 1.165) is 6.42 Å². The van der Waals surface area contributed by atoms with Crippen molar-refractivity contribution in [3.05, 3.63) is 0 Å². The molecule has 1 fully saturated rings. The molecule has 7 heteroatoms. The van der Waals surface area contributed by atoms with E-state index in [1.165, 1.54) is 12.0 Å². The molecular formula is C12H22N2O5. The number of rotatable bonds is 5. The van der Waals surface area contributed by atoms with Gasteiger partial charge in [0, 0.05) is 33.4 Å². The third-order valence-electron chi connectivity index (χ3n) is 2.88. The van der Waals surface area contributed by atoms with E-state index >= 15 is 0 Å². The van der Waals surface area contributed by atoms with Gasteiger partial charge >= 0.3 is 12.0 Å². The summed E-state index contributed by atoms with van der Waals surface area (Å²) in [6, 6.07) is -0.267. The normalized spacial score (nSPS) is 19.9. The first-order valence-electron chi connectivity index (χ1n) is 6.40. The fourth-order valence-electron chi connectivity index (χ4n) is 1.98. The van der Waals surface area contributed by atoms with Crippen LogP contribution in [0.4, 0.5) is 4.79 Å². The smallest absolute Gasteiger partial charge is 0.323 e. The second-order valence-corrected chi connectivity index (χ2v) is 4.57. The molecule has 0 saturated carbocycles. The zero-order valence-electron chi connectivity index (χ0n) is 11.5. The van der Waals surface area contributed by atoms with Crippen LogP contribution >= 0.6 is 0 Å². The van der Waals surface area contributed by atoms with E-state index in [2.05, 4.69) is 0 Å². The Bertz CT molecular complexity index is 310. The molecule has 0 bridgehead atoms. The lowest BCUT2D eigenvalue weighted by Crippen LogP contribution is -2.48. The van der Waals surface area contributed by atoms with E-state index in [9.17, 15) is 9.59 Å². The van der Waals surface area contributed by atoms with Gasteiger partial charge in [-0.15, -0.1) is 0 Å². The van der Waals surface area contributed by atoms with Crippen LogP contribution in [0.2, 0.25) is 0 Å². The number of urea groups is 1. The van der Waals surface area contributed by atoms with Crippen molar-refractivity contribution >= 4 is 12.0 Å². The highest BCUT2D eigenvalue weighted by molar-refractivity contribution is 5.80. The molecule has 1 N–H and O–H groups in total. The third kappa shape index (κ3) is 5.44. The van der Waals surface area contributed by atoms with Gasteiger partial charge in [0.1, 0.15) is 6.54 Å². The quantitative estimate of drug-likeness (QED) is 0.777. The molecule has 0 spiro atoms. The molecule has 1 aliphatic heterocycles. The average molecular weight is 274 g/mol. The van der Waals surface area contributed by atoms with Gasteiger partial charge in [-0.1, -0.05) is 0 Å². The van der Waals surface area contributed by atoms with Gasteiger partial charge in [0.05, 0.1) is 12.7 Å². The fraction of sp³-hybridized carbons (Fsp3) is 0.833. The molecule has 0 aromatic heterocycles. The van der Waals surface area contributed by atoms with E-state index in [0.29, 0.717) is 26.3 Å². The summed E-state index contributed by atoms with van der Waals surface area (Å²) in [7, 11) is 1.52. The highest BCUT2D eigenvalue weighted by Gasteiger charge is 2.25. The zero-order valence-corrected chi connectivity index (χ0v) is 11.5. The third-order valence-corrected chi connectivity index (χ3v) is 2.88. The van der Waals surface area contributed by atoms with Crippen LogP contribution < -0.4 is 0 Å². The van der Waals surface area contributed by atoms with Gasteiger partial charge < -0.3 is 24.4 Å². The molecule has 19 heavy (non-hydrogen) atoms. The number of ether oxygens (including phenoxy) is 2. The Labute approximate surface area is 113 Å². The van der Waals surface area contributed by atoms with Gasteiger partial charge in [-0.3, -0.25) is 4.79 Å². The lowest BCUT2D eigenvalue weighted by molar-refractivity contribution is -0.137. The van der Waals surface area contributed by atoms with Crippen LogP contribution in [0.25, 0.3) is 0 Å². The Balaban J connectivity index is 2.64. The van der Waals surface area contributed by atoms with Gasteiger partial charge in [0.2, 0.25) is 0 Å². The molecule has 2 amide bonds. The molecule has 1 saturated heterocycles. The van der Waals surface area contributed by atoms with Gasteiger partial charge in [-0.25, -0.2) is 4.79 Å². The lowest BCUT2D eigenvalue weighted by Gasteiger charge is -2.29. The molecule has 0 aromatic carbocycles. The predicted octanol–water partition coefficient (Wildman–Crippen LogP) is 0.250. The first-order chi connectivity index (χ1) is 9.04. The molecule has 1 rings (SSSR count). The van der Waals surface area contributed by atoms with Crippen molar-refractivity contribution in [2.24, 2.45) is 0 Å². The number of amides is 2. The Morgan fingerprint density at radius 1 is 1.53 bits per heavy atom. The Hall–Kier alpha value is -1.34. The number of carboxylic acids is 1. The minimum Gasteiger partial charge on any atom is -0.480 e. The summed E-state index contributed by atoms with van der Waals surface area (Å²) in [5.74, 6) is -1.02. The Morgan fingerprint density at radius 3 is 2.89 bits per heavy atom. The molecular weight excluding hydrogens is 252 g/mol. The molecule has 7 nitrogen and oxygen atoms in total. The highest BCUT2D eigenvalue weighted by atomic mass is 16.5. The monoisotopic (exact) mass is 274 g/mol. The summed E-state index contributed by atoms with van der Waals surface area (Å²) in [5.41, 5.74) is 0. The number of carbonyl (C=O) groups is 2. The second-order valence-electron chi connectivity index (χ2n) is 4.57. The maximum atomic E-state index is 12.3. The lowest BCUT2D eigenvalue weighted by atomic mass is 10.3. The van der Waals surface area contributed by atoms with Gasteiger partial charge in [-0.05, 0) is 13.3 Å². The number of carbonyl (C=O) groups excluding carboxylic acids is 1. The SMILES string of the molecule is COCCN(CC(=O)O)C(=O)N1CCCOC(C)C1. The van der Waals surface area contributed by atoms with Crippen LogP contribution in [0.1, 0.15) is 13.3 Å². The standard InChI is InChI=1S/C12H22N2O5/c1-10-8-13(4-3-6-19-10)12(17)14(5-7-18-2)9-11(15)16/h10H,3-9H2,1-2H3,(H,15,16). The summed E-state index contributed by atoms with van der Waals surface area (Å²) in [6.45, 7) is 3.89. The van der Waals surface area contributed by atoms with E-state index in [1.54, 1.807) is 4.90 Å². The topological polar surface area (TPSA) is 79.3 Å². The Kier molecular flexibility index (Phi) is 6.58. The van der Waals surface area contributed by atoms with Gasteiger partial charge in [0.25, 0.3) is 0 Å². The van der Waals surface area contributed by atoms with E-state index in [4.69, 9.17) is 14.6 Å². The van der Waals surface area contributed by atoms with Crippen LogP contribution in [-0.4, -0.2) is 79.5 Å². The summed E-state index contributed by atoms with van der Waals surface area (Å²) >= 11 is 0. The number of hydrogen-bond donors (Lipinski definition) is 1. The fourth-order valence-corrected chi connectivity index (χ4v) is 1.98. The maximum absolute atomic E-state index is 12.3. The molecule has 1 heterocycles. The van der Waals surface area contributed by atoms with Crippen molar-refractivity contribution in [2.45, 2.75) is 19.4 Å². The van der Waals surface area contributed by atoms with Crippen LogP contribution in [0.3, 0.4) is 0 Å². The van der Waals surface area contributed by atoms with E-state index < -0.39 is 5.97 Å². The Morgan fingerprint density at radius 2 is 2.26 bits per heavy atom. The van der Waals surface area contributed by atoms with E-state index in [1.807, 2.05) is 6.92 Å². The molecule has 1 aliphatic rings. The summed E-state index contributed by atoms with van der Waals surface area (Å²) in [4.78, 5) is 26.1. The van der Waals surface area contributed by atoms with Crippen molar-refractivity contribution in [1.82, 2.24) is 9.80 Å². The molecule has 110 valence electrons. The number of methoxy groups -OCH3 is 1. The minimum absolute atomic E-state index is 0.0273. The van der Waals surface area contributed by atoms with Crippen LogP contribution in [-0.2, 0) is 14.3 Å². The zero-order chi connectivity index (χ0) is 14.3. The van der Waals surface area contributed by atoms with Crippen LogP contribution in [0.5, 0.6) is 0 Å². The number of carboxylic acid groups (broad SMARTS) is 1. The number of hydrogen-bond acceptors (Lipinski definition) is 4. The van der Waals surface area contributed by atoms with Crippen molar-refractivity contribution in [2.75, 3.05) is 46.5 Å². The van der Waals surface area contributed by atoms with E-state index in [-0.39, 0.29) is 25.2 Å². The summed E-state index contributed by atoms with van der Waals surface area (Å²) < 4.78 is 10.4. The maximum Gasteiger partial charge on any atom is 0.323 e.